The van der Waals surface area contributed by atoms with E-state index in [1.807, 2.05) is 12.1 Å². The van der Waals surface area contributed by atoms with Crippen molar-refractivity contribution in [3.8, 4) is 6.07 Å². The SMILES string of the molecule is CCN1c2ccccc2SC1C#N. The number of rotatable bonds is 1. The Kier molecular flexibility index (Phi) is 2.15. The maximum absolute atomic E-state index is 8.93. The number of benzene rings is 1. The molecule has 2 nitrogen and oxygen atoms in total. The molecule has 1 atom stereocenters. The molecule has 0 aromatic heterocycles. The van der Waals surface area contributed by atoms with E-state index < -0.39 is 0 Å². The first-order valence-corrected chi connectivity index (χ1v) is 5.16. The highest BCUT2D eigenvalue weighted by atomic mass is 32.2. The summed E-state index contributed by atoms with van der Waals surface area (Å²) in [6.45, 7) is 2.97. The normalized spacial score (nSPS) is 19.7. The van der Waals surface area contributed by atoms with Crippen LogP contribution in [-0.4, -0.2) is 11.9 Å². The van der Waals surface area contributed by atoms with Gasteiger partial charge in [-0.2, -0.15) is 5.26 Å². The lowest BCUT2D eigenvalue weighted by molar-refractivity contribution is 0.884. The Morgan fingerprint density at radius 1 is 1.54 bits per heavy atom. The fourth-order valence-electron chi connectivity index (χ4n) is 1.54. The molecule has 0 bridgehead atoms. The minimum Gasteiger partial charge on any atom is -0.347 e. The smallest absolute Gasteiger partial charge is 0.168 e. The monoisotopic (exact) mass is 190 g/mol. The Labute approximate surface area is 82.2 Å². The van der Waals surface area contributed by atoms with E-state index in [4.69, 9.17) is 5.26 Å². The van der Waals surface area contributed by atoms with E-state index in [1.54, 1.807) is 11.8 Å². The Morgan fingerprint density at radius 3 is 3.00 bits per heavy atom. The van der Waals surface area contributed by atoms with Crippen molar-refractivity contribution in [1.29, 1.82) is 5.26 Å². The summed E-state index contributed by atoms with van der Waals surface area (Å²) in [5, 5.41) is 8.89. The van der Waals surface area contributed by atoms with Gasteiger partial charge in [0.2, 0.25) is 0 Å². The topological polar surface area (TPSA) is 27.0 Å². The molecular formula is C10H10N2S. The molecule has 1 unspecified atom stereocenters. The van der Waals surface area contributed by atoms with Crippen molar-refractivity contribution < 1.29 is 0 Å². The summed E-state index contributed by atoms with van der Waals surface area (Å²) in [5.41, 5.74) is 1.20. The van der Waals surface area contributed by atoms with Crippen molar-refractivity contribution in [3.63, 3.8) is 0 Å². The second-order valence-electron chi connectivity index (χ2n) is 2.85. The minimum atomic E-state index is -0.0394. The third kappa shape index (κ3) is 1.27. The van der Waals surface area contributed by atoms with Crippen LogP contribution in [0.2, 0.25) is 0 Å². The van der Waals surface area contributed by atoms with Crippen LogP contribution in [0.3, 0.4) is 0 Å². The van der Waals surface area contributed by atoms with Gasteiger partial charge in [-0.05, 0) is 19.1 Å². The molecule has 1 aliphatic heterocycles. The van der Waals surface area contributed by atoms with Crippen LogP contribution in [0.4, 0.5) is 5.69 Å². The highest BCUT2D eigenvalue weighted by Gasteiger charge is 2.27. The first-order chi connectivity index (χ1) is 6.36. The van der Waals surface area contributed by atoms with Crippen molar-refractivity contribution in [2.24, 2.45) is 0 Å². The number of fused-ring (bicyclic) bond motifs is 1. The maximum Gasteiger partial charge on any atom is 0.168 e. The number of nitriles is 1. The number of nitrogens with zero attached hydrogens (tertiary/aromatic N) is 2. The lowest BCUT2D eigenvalue weighted by Crippen LogP contribution is -2.27. The lowest BCUT2D eigenvalue weighted by Gasteiger charge is -2.19. The molecule has 66 valence electrons. The van der Waals surface area contributed by atoms with E-state index in [-0.39, 0.29) is 5.37 Å². The van der Waals surface area contributed by atoms with Gasteiger partial charge >= 0.3 is 0 Å². The van der Waals surface area contributed by atoms with E-state index in [0.29, 0.717) is 0 Å². The Morgan fingerprint density at radius 2 is 2.31 bits per heavy atom. The van der Waals surface area contributed by atoms with Gasteiger partial charge in [-0.15, -0.1) is 0 Å². The zero-order valence-electron chi connectivity index (χ0n) is 7.40. The quantitative estimate of drug-likeness (QED) is 0.680. The van der Waals surface area contributed by atoms with Crippen LogP contribution in [-0.2, 0) is 0 Å². The summed E-state index contributed by atoms with van der Waals surface area (Å²) in [4.78, 5) is 3.34. The molecule has 3 heteroatoms. The molecule has 1 aliphatic rings. The van der Waals surface area contributed by atoms with Crippen molar-refractivity contribution in [1.82, 2.24) is 0 Å². The van der Waals surface area contributed by atoms with Gasteiger partial charge in [-0.25, -0.2) is 0 Å². The van der Waals surface area contributed by atoms with E-state index >= 15 is 0 Å². The lowest BCUT2D eigenvalue weighted by atomic mass is 10.3. The van der Waals surface area contributed by atoms with Crippen molar-refractivity contribution >= 4 is 17.4 Å². The summed E-state index contributed by atoms with van der Waals surface area (Å²) in [7, 11) is 0. The van der Waals surface area contributed by atoms with E-state index in [0.717, 1.165) is 6.54 Å². The summed E-state index contributed by atoms with van der Waals surface area (Å²) < 4.78 is 0. The first kappa shape index (κ1) is 8.46. The second-order valence-corrected chi connectivity index (χ2v) is 3.98. The largest absolute Gasteiger partial charge is 0.347 e. The van der Waals surface area contributed by atoms with Gasteiger partial charge in [0.1, 0.15) is 0 Å². The van der Waals surface area contributed by atoms with Crippen molar-refractivity contribution in [3.05, 3.63) is 24.3 Å². The highest BCUT2D eigenvalue weighted by molar-refractivity contribution is 8.00. The maximum atomic E-state index is 8.93. The molecule has 0 saturated heterocycles. The standard InChI is InChI=1S/C10H10N2S/c1-2-12-8-5-3-4-6-9(8)13-10(12)7-11/h3-6,10H,2H2,1H3. The van der Waals surface area contributed by atoms with Crippen LogP contribution < -0.4 is 4.90 Å². The third-order valence-electron chi connectivity index (χ3n) is 2.15. The molecule has 13 heavy (non-hydrogen) atoms. The molecule has 0 spiro atoms. The minimum absolute atomic E-state index is 0.0394. The summed E-state index contributed by atoms with van der Waals surface area (Å²) >= 11 is 1.63. The molecule has 0 amide bonds. The van der Waals surface area contributed by atoms with Crippen LogP contribution >= 0.6 is 11.8 Å². The number of hydrogen-bond donors (Lipinski definition) is 0. The summed E-state index contributed by atoms with van der Waals surface area (Å²) in [6.07, 6.45) is 0. The fourth-order valence-corrected chi connectivity index (χ4v) is 2.68. The number of para-hydroxylation sites is 1. The van der Waals surface area contributed by atoms with E-state index in [1.165, 1.54) is 10.6 Å². The van der Waals surface area contributed by atoms with Crippen LogP contribution in [0.25, 0.3) is 0 Å². The molecule has 2 rings (SSSR count). The fraction of sp³-hybridized carbons (Fsp3) is 0.300. The molecule has 1 heterocycles. The van der Waals surface area contributed by atoms with Crippen LogP contribution in [0.1, 0.15) is 6.92 Å². The molecule has 0 fully saturated rings. The highest BCUT2D eigenvalue weighted by Crippen LogP contribution is 2.42. The van der Waals surface area contributed by atoms with Crippen LogP contribution in [0.5, 0.6) is 0 Å². The average Bonchev–Trinajstić information content (AvgIpc) is 2.55. The first-order valence-electron chi connectivity index (χ1n) is 4.28. The Balaban J connectivity index is 2.41. The Hall–Kier alpha value is -1.14. The van der Waals surface area contributed by atoms with Crippen molar-refractivity contribution in [2.45, 2.75) is 17.2 Å². The predicted molar refractivity (Wildman–Crippen MR) is 54.7 cm³/mol. The third-order valence-corrected chi connectivity index (χ3v) is 3.33. The van der Waals surface area contributed by atoms with Gasteiger partial charge in [-0.1, -0.05) is 23.9 Å². The predicted octanol–water partition coefficient (Wildman–Crippen LogP) is 2.47. The van der Waals surface area contributed by atoms with Gasteiger partial charge in [0.25, 0.3) is 0 Å². The number of anilines is 1. The zero-order chi connectivity index (χ0) is 9.26. The van der Waals surface area contributed by atoms with Gasteiger partial charge in [0.05, 0.1) is 11.8 Å². The van der Waals surface area contributed by atoms with E-state index in [9.17, 15) is 0 Å². The number of thioether (sulfide) groups is 1. The molecule has 1 aromatic carbocycles. The average molecular weight is 190 g/mol. The summed E-state index contributed by atoms with van der Waals surface area (Å²) in [5.74, 6) is 0. The number of hydrogen-bond acceptors (Lipinski definition) is 3. The molecule has 0 aliphatic carbocycles. The zero-order valence-corrected chi connectivity index (χ0v) is 8.21. The van der Waals surface area contributed by atoms with Crippen LogP contribution in [0.15, 0.2) is 29.2 Å². The Bertz CT molecular complexity index is 356. The van der Waals surface area contributed by atoms with Gasteiger partial charge in [-0.3, -0.25) is 0 Å². The van der Waals surface area contributed by atoms with Gasteiger partial charge in [0.15, 0.2) is 5.37 Å². The molecule has 0 saturated carbocycles. The van der Waals surface area contributed by atoms with Crippen LogP contribution in [0, 0.1) is 11.3 Å². The molecular weight excluding hydrogens is 180 g/mol. The van der Waals surface area contributed by atoms with Crippen molar-refractivity contribution in [2.75, 3.05) is 11.4 Å². The summed E-state index contributed by atoms with van der Waals surface area (Å²) in [6, 6.07) is 10.5. The van der Waals surface area contributed by atoms with E-state index in [2.05, 4.69) is 30.0 Å². The van der Waals surface area contributed by atoms with Gasteiger partial charge in [0, 0.05) is 11.4 Å². The molecule has 1 aromatic rings. The second kappa shape index (κ2) is 3.31. The molecule has 0 N–H and O–H groups in total. The molecule has 0 radical (unpaired) electrons. The van der Waals surface area contributed by atoms with Gasteiger partial charge < -0.3 is 4.90 Å².